The summed E-state index contributed by atoms with van der Waals surface area (Å²) >= 11 is 3.42. The fraction of sp³-hybridized carbons (Fsp3) is 0.263. The first-order valence-corrected chi connectivity index (χ1v) is 8.81. The highest BCUT2D eigenvalue weighted by atomic mass is 79.9. The van der Waals surface area contributed by atoms with E-state index in [0.717, 1.165) is 14.9 Å². The van der Waals surface area contributed by atoms with Crippen LogP contribution >= 0.6 is 15.9 Å². The molecule has 0 aliphatic heterocycles. The normalized spacial score (nSPS) is 10.2. The van der Waals surface area contributed by atoms with Crippen molar-refractivity contribution in [1.29, 1.82) is 0 Å². The molecule has 27 heavy (non-hydrogen) atoms. The molecule has 0 bridgehead atoms. The van der Waals surface area contributed by atoms with Gasteiger partial charge in [-0.25, -0.2) is 0 Å². The van der Waals surface area contributed by atoms with E-state index in [1.165, 1.54) is 14.2 Å². The van der Waals surface area contributed by atoms with Crippen LogP contribution in [0.15, 0.2) is 40.9 Å². The minimum absolute atomic E-state index is 0.293. The van der Waals surface area contributed by atoms with E-state index in [4.69, 9.17) is 0 Å². The van der Waals surface area contributed by atoms with Crippen LogP contribution in [0.3, 0.4) is 0 Å². The zero-order valence-corrected chi connectivity index (χ0v) is 16.8. The summed E-state index contributed by atoms with van der Waals surface area (Å²) in [4.78, 5) is 41.6. The van der Waals surface area contributed by atoms with Gasteiger partial charge in [-0.05, 0) is 31.2 Å². The maximum Gasteiger partial charge on any atom is 0.325 e. The molecule has 0 atom stereocenters. The third-order valence-corrected chi connectivity index (χ3v) is 4.31. The molecule has 1 heterocycles. The van der Waals surface area contributed by atoms with Gasteiger partial charge < -0.3 is 14.4 Å². The van der Waals surface area contributed by atoms with Crippen LogP contribution in [0.4, 0.5) is 0 Å². The van der Waals surface area contributed by atoms with Gasteiger partial charge in [0.1, 0.15) is 13.1 Å². The van der Waals surface area contributed by atoms with Crippen molar-refractivity contribution < 1.29 is 23.9 Å². The molecular weight excluding hydrogens is 416 g/mol. The third kappa shape index (κ3) is 5.37. The maximum absolute atomic E-state index is 12.8. The number of aromatic nitrogens is 1. The minimum atomic E-state index is -0.636. The number of rotatable bonds is 6. The van der Waals surface area contributed by atoms with Gasteiger partial charge in [-0.1, -0.05) is 28.1 Å². The lowest BCUT2D eigenvalue weighted by Gasteiger charge is -2.21. The van der Waals surface area contributed by atoms with Gasteiger partial charge in [0.15, 0.2) is 0 Å². The van der Waals surface area contributed by atoms with Crippen molar-refractivity contribution in [3.8, 4) is 11.3 Å². The lowest BCUT2D eigenvalue weighted by atomic mass is 10.1. The lowest BCUT2D eigenvalue weighted by Crippen LogP contribution is -2.40. The molecule has 0 N–H and O–H groups in total. The number of esters is 2. The Morgan fingerprint density at radius 1 is 1.04 bits per heavy atom. The third-order valence-electron chi connectivity index (χ3n) is 3.82. The Morgan fingerprint density at radius 2 is 1.67 bits per heavy atom. The summed E-state index contributed by atoms with van der Waals surface area (Å²) < 4.78 is 10.1. The largest absolute Gasteiger partial charge is 0.468 e. The number of carbonyl (C=O) groups is 3. The number of pyridine rings is 1. The summed E-state index contributed by atoms with van der Waals surface area (Å²) in [7, 11) is 2.42. The van der Waals surface area contributed by atoms with Crippen molar-refractivity contribution in [1.82, 2.24) is 9.88 Å². The van der Waals surface area contributed by atoms with Gasteiger partial charge in [-0.15, -0.1) is 0 Å². The van der Waals surface area contributed by atoms with Gasteiger partial charge >= 0.3 is 11.9 Å². The highest BCUT2D eigenvalue weighted by Gasteiger charge is 2.24. The number of halogens is 1. The lowest BCUT2D eigenvalue weighted by molar-refractivity contribution is -0.144. The fourth-order valence-corrected chi connectivity index (χ4v) is 2.81. The second-order valence-corrected chi connectivity index (χ2v) is 6.57. The Hall–Kier alpha value is -2.74. The minimum Gasteiger partial charge on any atom is -0.468 e. The van der Waals surface area contributed by atoms with Gasteiger partial charge in [-0.2, -0.15) is 0 Å². The number of amides is 1. The predicted octanol–water partition coefficient (Wildman–Crippen LogP) is 2.61. The molecule has 0 aliphatic carbocycles. The molecule has 0 fully saturated rings. The van der Waals surface area contributed by atoms with E-state index in [9.17, 15) is 14.4 Å². The molecule has 0 spiro atoms. The molecule has 0 unspecified atom stereocenters. The first kappa shape index (κ1) is 20.6. The molecule has 1 aromatic heterocycles. The summed E-state index contributed by atoms with van der Waals surface area (Å²) in [5.74, 6) is -1.77. The molecule has 0 radical (unpaired) electrons. The number of carbonyl (C=O) groups excluding carboxylic acids is 3. The standard InChI is InChI=1S/C19H19BrN2O5/c1-12-15(7-8-16(21-12)13-5-4-6-14(20)9-13)19(25)22(10-17(23)26-2)11-18(24)27-3/h4-9H,10-11H2,1-3H3. The number of methoxy groups -OCH3 is 2. The van der Waals surface area contributed by atoms with Crippen molar-refractivity contribution in [2.75, 3.05) is 27.3 Å². The van der Waals surface area contributed by atoms with Crippen LogP contribution in [-0.2, 0) is 19.1 Å². The first-order valence-electron chi connectivity index (χ1n) is 8.02. The SMILES string of the molecule is COC(=O)CN(CC(=O)OC)C(=O)c1ccc(-c2cccc(Br)c2)nc1C. The van der Waals surface area contributed by atoms with Crippen molar-refractivity contribution in [3.05, 3.63) is 52.1 Å². The average Bonchev–Trinajstić information content (AvgIpc) is 2.66. The van der Waals surface area contributed by atoms with Gasteiger partial charge in [0.05, 0.1) is 31.2 Å². The predicted molar refractivity (Wildman–Crippen MR) is 102 cm³/mol. The second kappa shape index (κ2) is 9.27. The number of nitrogens with zero attached hydrogens (tertiary/aromatic N) is 2. The molecule has 0 saturated carbocycles. The number of benzene rings is 1. The van der Waals surface area contributed by atoms with E-state index < -0.39 is 17.8 Å². The quantitative estimate of drug-likeness (QED) is 0.649. The van der Waals surface area contributed by atoms with E-state index in [0.29, 0.717) is 17.0 Å². The first-order chi connectivity index (χ1) is 12.8. The van der Waals surface area contributed by atoms with Crippen LogP contribution in [0.2, 0.25) is 0 Å². The van der Waals surface area contributed by atoms with Crippen LogP contribution in [0.25, 0.3) is 11.3 Å². The van der Waals surface area contributed by atoms with Crippen LogP contribution in [0, 0.1) is 6.92 Å². The molecule has 8 heteroatoms. The van der Waals surface area contributed by atoms with Crippen LogP contribution in [0.1, 0.15) is 16.1 Å². The van der Waals surface area contributed by atoms with Gasteiger partial charge in [0.2, 0.25) is 0 Å². The smallest absolute Gasteiger partial charge is 0.325 e. The Bertz CT molecular complexity index is 851. The van der Waals surface area contributed by atoms with Gasteiger partial charge in [0.25, 0.3) is 5.91 Å². The summed E-state index contributed by atoms with van der Waals surface area (Å²) in [6.07, 6.45) is 0. The van der Waals surface area contributed by atoms with E-state index in [2.05, 4.69) is 30.4 Å². The molecule has 2 aromatic rings. The highest BCUT2D eigenvalue weighted by molar-refractivity contribution is 9.10. The van der Waals surface area contributed by atoms with Crippen LogP contribution < -0.4 is 0 Å². The van der Waals surface area contributed by atoms with Gasteiger partial charge in [0, 0.05) is 10.0 Å². The monoisotopic (exact) mass is 434 g/mol. The molecule has 142 valence electrons. The zero-order chi connectivity index (χ0) is 20.0. The summed E-state index contributed by atoms with van der Waals surface area (Å²) in [5, 5.41) is 0. The molecule has 1 aromatic carbocycles. The number of ether oxygens (including phenoxy) is 2. The van der Waals surface area contributed by atoms with Crippen molar-refractivity contribution in [3.63, 3.8) is 0 Å². The Kier molecular flexibility index (Phi) is 7.06. The number of hydrogen-bond donors (Lipinski definition) is 0. The van der Waals surface area contributed by atoms with Crippen molar-refractivity contribution in [2.45, 2.75) is 6.92 Å². The second-order valence-electron chi connectivity index (χ2n) is 5.65. The summed E-state index contributed by atoms with van der Waals surface area (Å²) in [6.45, 7) is 0.970. The molecule has 2 rings (SSSR count). The number of aryl methyl sites for hydroxylation is 1. The Labute approximate surface area is 165 Å². The molecule has 1 amide bonds. The molecular formula is C19H19BrN2O5. The van der Waals surface area contributed by atoms with E-state index >= 15 is 0 Å². The molecule has 0 saturated heterocycles. The maximum atomic E-state index is 12.8. The van der Waals surface area contributed by atoms with Crippen LogP contribution in [0.5, 0.6) is 0 Å². The van der Waals surface area contributed by atoms with E-state index in [1.54, 1.807) is 19.1 Å². The zero-order valence-electron chi connectivity index (χ0n) is 15.2. The van der Waals surface area contributed by atoms with Crippen molar-refractivity contribution >= 4 is 33.8 Å². The van der Waals surface area contributed by atoms with Crippen LogP contribution in [-0.4, -0.2) is 55.0 Å². The Morgan fingerprint density at radius 3 is 2.19 bits per heavy atom. The topological polar surface area (TPSA) is 85.8 Å². The molecule has 7 nitrogen and oxygen atoms in total. The highest BCUT2D eigenvalue weighted by Crippen LogP contribution is 2.23. The summed E-state index contributed by atoms with van der Waals surface area (Å²) in [5.41, 5.74) is 2.38. The number of hydrogen-bond acceptors (Lipinski definition) is 6. The fourth-order valence-electron chi connectivity index (χ4n) is 2.41. The Balaban J connectivity index is 2.32. The van der Waals surface area contributed by atoms with E-state index in [-0.39, 0.29) is 13.1 Å². The summed E-state index contributed by atoms with van der Waals surface area (Å²) in [6, 6.07) is 11.0. The van der Waals surface area contributed by atoms with E-state index in [1.807, 2.05) is 24.3 Å². The molecule has 0 aliphatic rings. The van der Waals surface area contributed by atoms with Crippen molar-refractivity contribution in [2.24, 2.45) is 0 Å². The average molecular weight is 435 g/mol. The van der Waals surface area contributed by atoms with Gasteiger partial charge in [-0.3, -0.25) is 19.4 Å².